The Hall–Kier alpha value is -1.88. The second-order valence-corrected chi connectivity index (χ2v) is 3.39. The first-order chi connectivity index (χ1) is 7.09. The number of H-pyrrole nitrogens is 1. The summed E-state index contributed by atoms with van der Waals surface area (Å²) in [4.78, 5) is 24.0. The number of nitrogens with one attached hydrogen (secondary N) is 1. The first-order valence-corrected chi connectivity index (χ1v) is 4.43. The molecule has 2 aromatic rings. The Bertz CT molecular complexity index is 606. The fourth-order valence-corrected chi connectivity index (χ4v) is 1.61. The summed E-state index contributed by atoms with van der Waals surface area (Å²) in [7, 11) is 0. The maximum atomic E-state index is 11.4. The summed E-state index contributed by atoms with van der Waals surface area (Å²) in [6, 6.07) is 4.11. The van der Waals surface area contributed by atoms with Gasteiger partial charge in [0.05, 0.1) is 15.7 Å². The zero-order valence-corrected chi connectivity index (χ0v) is 8.12. The van der Waals surface area contributed by atoms with Crippen molar-refractivity contribution in [3.8, 4) is 0 Å². The van der Waals surface area contributed by atoms with Crippen LogP contribution in [-0.4, -0.2) is 9.91 Å². The van der Waals surface area contributed by atoms with Gasteiger partial charge in [0, 0.05) is 17.3 Å². The predicted molar refractivity (Wildman–Crippen MR) is 56.2 cm³/mol. The summed E-state index contributed by atoms with van der Waals surface area (Å²) >= 11 is 5.68. The van der Waals surface area contributed by atoms with Gasteiger partial charge in [0.15, 0.2) is 0 Å². The minimum absolute atomic E-state index is 0.163. The molecular formula is C9H5ClN2O3. The molecule has 0 aliphatic rings. The number of benzene rings is 1. The monoisotopic (exact) mass is 224 g/mol. The number of aromatic nitrogens is 1. The highest BCUT2D eigenvalue weighted by atomic mass is 35.5. The molecule has 76 valence electrons. The molecule has 0 aliphatic carbocycles. The van der Waals surface area contributed by atoms with Crippen LogP contribution in [0.1, 0.15) is 0 Å². The molecule has 15 heavy (non-hydrogen) atoms. The zero-order valence-electron chi connectivity index (χ0n) is 7.36. The summed E-state index contributed by atoms with van der Waals surface area (Å²) in [6.45, 7) is 0. The van der Waals surface area contributed by atoms with Crippen LogP contribution in [0.15, 0.2) is 29.2 Å². The Morgan fingerprint density at radius 3 is 2.73 bits per heavy atom. The van der Waals surface area contributed by atoms with Crippen LogP contribution in [0, 0.1) is 10.1 Å². The van der Waals surface area contributed by atoms with Crippen LogP contribution in [-0.2, 0) is 0 Å². The summed E-state index contributed by atoms with van der Waals surface area (Å²) in [5.74, 6) is 0. The normalized spacial score (nSPS) is 10.5. The molecule has 0 spiro atoms. The summed E-state index contributed by atoms with van der Waals surface area (Å²) < 4.78 is 0. The number of halogens is 1. The van der Waals surface area contributed by atoms with Crippen LogP contribution >= 0.6 is 11.6 Å². The summed E-state index contributed by atoms with van der Waals surface area (Å²) in [5, 5.41) is 11.4. The fraction of sp³-hybridized carbons (Fsp3) is 0. The van der Waals surface area contributed by atoms with Gasteiger partial charge >= 0.3 is 0 Å². The van der Waals surface area contributed by atoms with Gasteiger partial charge in [-0.2, -0.15) is 0 Å². The smallest absolute Gasteiger partial charge is 0.278 e. The molecule has 0 aliphatic heterocycles. The Labute approximate surface area is 88.5 Å². The van der Waals surface area contributed by atoms with Gasteiger partial charge in [-0.3, -0.25) is 14.9 Å². The number of aromatic amines is 1. The molecule has 0 bridgehead atoms. The predicted octanol–water partition coefficient (Wildman–Crippen LogP) is 2.09. The van der Waals surface area contributed by atoms with E-state index >= 15 is 0 Å². The summed E-state index contributed by atoms with van der Waals surface area (Å²) in [5.41, 5.74) is -0.554. The molecule has 0 unspecified atom stereocenters. The van der Waals surface area contributed by atoms with E-state index in [1.54, 1.807) is 0 Å². The standard InChI is InChI=1S/C9H5ClN2O3/c10-5-3-7-6(1-2-11-9(7)13)8(4-5)12(14)15/h1-4H,(H,11,13). The number of nitrogens with zero attached hydrogens (tertiary/aromatic N) is 1. The zero-order chi connectivity index (χ0) is 11.0. The van der Waals surface area contributed by atoms with Crippen LogP contribution < -0.4 is 5.56 Å². The van der Waals surface area contributed by atoms with Gasteiger partial charge in [0.1, 0.15) is 0 Å². The lowest BCUT2D eigenvalue weighted by Gasteiger charge is -1.99. The van der Waals surface area contributed by atoms with Gasteiger partial charge in [-0.25, -0.2) is 0 Å². The summed E-state index contributed by atoms with van der Waals surface area (Å²) in [6.07, 6.45) is 1.37. The van der Waals surface area contributed by atoms with Crippen LogP contribution in [0.3, 0.4) is 0 Å². The molecule has 1 aromatic heterocycles. The average molecular weight is 225 g/mol. The minimum Gasteiger partial charge on any atom is -0.329 e. The second-order valence-electron chi connectivity index (χ2n) is 2.95. The lowest BCUT2D eigenvalue weighted by Crippen LogP contribution is -2.05. The molecule has 0 amide bonds. The lowest BCUT2D eigenvalue weighted by molar-refractivity contribution is -0.383. The van der Waals surface area contributed by atoms with Crippen LogP contribution in [0.5, 0.6) is 0 Å². The highest BCUT2D eigenvalue weighted by Gasteiger charge is 2.14. The van der Waals surface area contributed by atoms with Crippen molar-refractivity contribution in [2.75, 3.05) is 0 Å². The molecular weight excluding hydrogens is 220 g/mol. The molecule has 5 nitrogen and oxygen atoms in total. The van der Waals surface area contributed by atoms with Gasteiger partial charge in [-0.05, 0) is 12.1 Å². The quantitative estimate of drug-likeness (QED) is 0.595. The first-order valence-electron chi connectivity index (χ1n) is 4.05. The molecule has 2 rings (SSSR count). The molecule has 0 fully saturated rings. The molecule has 1 aromatic carbocycles. The van der Waals surface area contributed by atoms with E-state index < -0.39 is 10.5 Å². The topological polar surface area (TPSA) is 76.0 Å². The van der Waals surface area contributed by atoms with Crippen molar-refractivity contribution < 1.29 is 4.92 Å². The Morgan fingerprint density at radius 1 is 1.33 bits per heavy atom. The van der Waals surface area contributed by atoms with Gasteiger partial charge in [0.25, 0.3) is 11.2 Å². The third-order valence-electron chi connectivity index (χ3n) is 2.03. The van der Waals surface area contributed by atoms with Crippen molar-refractivity contribution in [1.82, 2.24) is 4.98 Å². The van der Waals surface area contributed by atoms with Gasteiger partial charge in [-0.15, -0.1) is 0 Å². The SMILES string of the molecule is O=c1[nH]ccc2c([N+](=O)[O-])cc(Cl)cc12. The maximum absolute atomic E-state index is 11.4. The van der Waals surface area contributed by atoms with E-state index in [-0.39, 0.29) is 21.5 Å². The average Bonchev–Trinajstić information content (AvgIpc) is 2.18. The van der Waals surface area contributed by atoms with E-state index in [4.69, 9.17) is 11.6 Å². The molecule has 0 saturated carbocycles. The van der Waals surface area contributed by atoms with Gasteiger partial charge in [0.2, 0.25) is 0 Å². The number of non-ortho nitro benzene ring substituents is 1. The number of pyridine rings is 1. The number of nitro groups is 1. The fourth-order valence-electron chi connectivity index (χ4n) is 1.40. The number of hydrogen-bond donors (Lipinski definition) is 1. The van der Waals surface area contributed by atoms with Crippen LogP contribution in [0.4, 0.5) is 5.69 Å². The number of hydrogen-bond acceptors (Lipinski definition) is 3. The van der Waals surface area contributed by atoms with Crippen molar-refractivity contribution in [3.63, 3.8) is 0 Å². The highest BCUT2D eigenvalue weighted by Crippen LogP contribution is 2.27. The number of nitro benzene ring substituents is 1. The van der Waals surface area contributed by atoms with E-state index in [0.29, 0.717) is 0 Å². The van der Waals surface area contributed by atoms with E-state index in [0.717, 1.165) is 0 Å². The molecule has 0 saturated heterocycles. The first kappa shape index (κ1) is 9.67. The number of rotatable bonds is 1. The third-order valence-corrected chi connectivity index (χ3v) is 2.25. The molecule has 1 heterocycles. The van der Waals surface area contributed by atoms with Crippen LogP contribution in [0.2, 0.25) is 5.02 Å². The molecule has 6 heteroatoms. The highest BCUT2D eigenvalue weighted by molar-refractivity contribution is 6.31. The Kier molecular flexibility index (Phi) is 2.17. The maximum Gasteiger partial charge on any atom is 0.278 e. The van der Waals surface area contributed by atoms with Crippen molar-refractivity contribution in [1.29, 1.82) is 0 Å². The third kappa shape index (κ3) is 1.57. The van der Waals surface area contributed by atoms with Crippen molar-refractivity contribution in [3.05, 3.63) is 49.9 Å². The largest absolute Gasteiger partial charge is 0.329 e. The minimum atomic E-state index is -0.562. The van der Waals surface area contributed by atoms with Gasteiger partial charge < -0.3 is 4.98 Å². The lowest BCUT2D eigenvalue weighted by atomic mass is 10.1. The molecule has 0 radical (unpaired) electrons. The Morgan fingerprint density at radius 2 is 2.07 bits per heavy atom. The second kappa shape index (κ2) is 3.36. The van der Waals surface area contributed by atoms with Gasteiger partial charge in [-0.1, -0.05) is 11.6 Å². The van der Waals surface area contributed by atoms with Crippen molar-refractivity contribution in [2.24, 2.45) is 0 Å². The van der Waals surface area contributed by atoms with E-state index in [1.165, 1.54) is 24.4 Å². The van der Waals surface area contributed by atoms with E-state index in [1.807, 2.05) is 0 Å². The van der Waals surface area contributed by atoms with Crippen molar-refractivity contribution >= 4 is 28.1 Å². The van der Waals surface area contributed by atoms with Crippen LogP contribution in [0.25, 0.3) is 10.8 Å². The Balaban J connectivity index is 2.99. The molecule has 0 atom stereocenters. The van der Waals surface area contributed by atoms with E-state index in [9.17, 15) is 14.9 Å². The van der Waals surface area contributed by atoms with Crippen molar-refractivity contribution in [2.45, 2.75) is 0 Å². The molecule has 1 N–H and O–H groups in total. The number of fused-ring (bicyclic) bond motifs is 1. The van der Waals surface area contributed by atoms with E-state index in [2.05, 4.69) is 4.98 Å².